The van der Waals surface area contributed by atoms with Gasteiger partial charge in [0.05, 0.1) is 6.10 Å². The van der Waals surface area contributed by atoms with Crippen LogP contribution in [0.3, 0.4) is 0 Å². The maximum atomic E-state index is 12.9. The number of rotatable bonds is 3. The van der Waals surface area contributed by atoms with E-state index in [4.69, 9.17) is 0 Å². The smallest absolute Gasteiger partial charge is 0.123 e. The zero-order valence-electron chi connectivity index (χ0n) is 8.92. The molecule has 0 aliphatic rings. The molecule has 0 amide bonds. The van der Waals surface area contributed by atoms with Gasteiger partial charge in [0, 0.05) is 0 Å². The molecule has 0 saturated carbocycles. The standard InChI is InChI=1S/C12H17FO/c1-4-12(2,3)11(14)9-6-5-7-10(13)8-9/h5-8,11,14H,4H2,1-3H3. The molecular weight excluding hydrogens is 179 g/mol. The van der Waals surface area contributed by atoms with E-state index in [0.717, 1.165) is 6.42 Å². The van der Waals surface area contributed by atoms with Crippen LogP contribution < -0.4 is 0 Å². The molecule has 1 atom stereocenters. The summed E-state index contributed by atoms with van der Waals surface area (Å²) in [5.41, 5.74) is 0.435. The Kier molecular flexibility index (Phi) is 3.27. The Morgan fingerprint density at radius 2 is 2.07 bits per heavy atom. The van der Waals surface area contributed by atoms with Crippen molar-refractivity contribution in [2.24, 2.45) is 5.41 Å². The summed E-state index contributed by atoms with van der Waals surface area (Å²) in [6.45, 7) is 5.97. The second kappa shape index (κ2) is 4.09. The molecule has 0 heterocycles. The Labute approximate surface area is 84.6 Å². The van der Waals surface area contributed by atoms with Gasteiger partial charge in [-0.05, 0) is 29.5 Å². The van der Waals surface area contributed by atoms with Crippen molar-refractivity contribution in [3.8, 4) is 0 Å². The van der Waals surface area contributed by atoms with Crippen LogP contribution in [0, 0.1) is 11.2 Å². The predicted molar refractivity (Wildman–Crippen MR) is 55.4 cm³/mol. The van der Waals surface area contributed by atoms with Gasteiger partial charge in [-0.2, -0.15) is 0 Å². The summed E-state index contributed by atoms with van der Waals surface area (Å²) in [6.07, 6.45) is 0.244. The number of aliphatic hydroxyl groups excluding tert-OH is 1. The van der Waals surface area contributed by atoms with Crippen molar-refractivity contribution in [1.29, 1.82) is 0 Å². The molecule has 14 heavy (non-hydrogen) atoms. The van der Waals surface area contributed by atoms with E-state index in [9.17, 15) is 9.50 Å². The van der Waals surface area contributed by atoms with Crippen LogP contribution in [-0.2, 0) is 0 Å². The lowest BCUT2D eigenvalue weighted by Crippen LogP contribution is -2.20. The second-order valence-electron chi connectivity index (χ2n) is 4.30. The van der Waals surface area contributed by atoms with Crippen molar-refractivity contribution in [2.45, 2.75) is 33.3 Å². The van der Waals surface area contributed by atoms with Crippen LogP contribution >= 0.6 is 0 Å². The van der Waals surface area contributed by atoms with Crippen molar-refractivity contribution < 1.29 is 9.50 Å². The molecule has 1 aromatic carbocycles. The van der Waals surface area contributed by atoms with Crippen LogP contribution in [0.15, 0.2) is 24.3 Å². The predicted octanol–water partition coefficient (Wildman–Crippen LogP) is 3.30. The van der Waals surface area contributed by atoms with Gasteiger partial charge in [0.2, 0.25) is 0 Å². The molecule has 1 rings (SSSR count). The zero-order chi connectivity index (χ0) is 10.8. The van der Waals surface area contributed by atoms with Crippen molar-refractivity contribution in [2.75, 3.05) is 0 Å². The molecular formula is C12H17FO. The third-order valence-corrected chi connectivity index (χ3v) is 2.82. The maximum Gasteiger partial charge on any atom is 0.123 e. The number of aliphatic hydroxyl groups is 1. The summed E-state index contributed by atoms with van der Waals surface area (Å²) in [5.74, 6) is -0.298. The van der Waals surface area contributed by atoms with Crippen molar-refractivity contribution in [3.05, 3.63) is 35.6 Å². The number of halogens is 1. The fourth-order valence-electron chi connectivity index (χ4n) is 1.32. The minimum atomic E-state index is -0.608. The number of benzene rings is 1. The van der Waals surface area contributed by atoms with E-state index in [-0.39, 0.29) is 11.2 Å². The van der Waals surface area contributed by atoms with Gasteiger partial charge in [-0.1, -0.05) is 32.9 Å². The van der Waals surface area contributed by atoms with E-state index >= 15 is 0 Å². The van der Waals surface area contributed by atoms with E-state index in [1.165, 1.54) is 12.1 Å². The maximum absolute atomic E-state index is 12.9. The lowest BCUT2D eigenvalue weighted by Gasteiger charge is -2.29. The second-order valence-corrected chi connectivity index (χ2v) is 4.30. The fourth-order valence-corrected chi connectivity index (χ4v) is 1.32. The first kappa shape index (κ1) is 11.2. The molecule has 0 spiro atoms. The minimum Gasteiger partial charge on any atom is -0.388 e. The Morgan fingerprint density at radius 3 is 2.57 bits per heavy atom. The summed E-state index contributed by atoms with van der Waals surface area (Å²) < 4.78 is 12.9. The van der Waals surface area contributed by atoms with Gasteiger partial charge in [-0.25, -0.2) is 4.39 Å². The molecule has 1 unspecified atom stereocenters. The Bertz CT molecular complexity index is 307. The molecule has 0 bridgehead atoms. The SMILES string of the molecule is CCC(C)(C)C(O)c1cccc(F)c1. The molecule has 1 N–H and O–H groups in total. The fraction of sp³-hybridized carbons (Fsp3) is 0.500. The minimum absolute atomic E-state index is 0.214. The van der Waals surface area contributed by atoms with Crippen molar-refractivity contribution >= 4 is 0 Å². The van der Waals surface area contributed by atoms with Crippen LogP contribution in [-0.4, -0.2) is 5.11 Å². The van der Waals surface area contributed by atoms with Gasteiger partial charge in [-0.3, -0.25) is 0 Å². The Hall–Kier alpha value is -0.890. The van der Waals surface area contributed by atoms with E-state index in [2.05, 4.69) is 0 Å². The molecule has 78 valence electrons. The Balaban J connectivity index is 2.94. The van der Waals surface area contributed by atoms with Crippen LogP contribution in [0.4, 0.5) is 4.39 Å². The lowest BCUT2D eigenvalue weighted by atomic mass is 9.80. The van der Waals surface area contributed by atoms with Crippen LogP contribution in [0.25, 0.3) is 0 Å². The third kappa shape index (κ3) is 2.32. The highest BCUT2D eigenvalue weighted by Gasteiger charge is 2.27. The number of hydrogen-bond donors (Lipinski definition) is 1. The largest absolute Gasteiger partial charge is 0.388 e. The summed E-state index contributed by atoms with van der Waals surface area (Å²) in [4.78, 5) is 0. The van der Waals surface area contributed by atoms with Gasteiger partial charge in [0.15, 0.2) is 0 Å². The van der Waals surface area contributed by atoms with Crippen LogP contribution in [0.5, 0.6) is 0 Å². The quantitative estimate of drug-likeness (QED) is 0.786. The zero-order valence-corrected chi connectivity index (χ0v) is 8.92. The molecule has 0 radical (unpaired) electrons. The van der Waals surface area contributed by atoms with Crippen LogP contribution in [0.1, 0.15) is 38.9 Å². The van der Waals surface area contributed by atoms with Gasteiger partial charge in [-0.15, -0.1) is 0 Å². The summed E-state index contributed by atoms with van der Waals surface area (Å²) in [7, 11) is 0. The van der Waals surface area contributed by atoms with Gasteiger partial charge < -0.3 is 5.11 Å². The third-order valence-electron chi connectivity index (χ3n) is 2.82. The average Bonchev–Trinajstić information content (AvgIpc) is 2.16. The first-order valence-corrected chi connectivity index (χ1v) is 4.91. The average molecular weight is 196 g/mol. The molecule has 0 aromatic heterocycles. The van der Waals surface area contributed by atoms with Crippen molar-refractivity contribution in [1.82, 2.24) is 0 Å². The summed E-state index contributed by atoms with van der Waals surface area (Å²) >= 11 is 0. The van der Waals surface area contributed by atoms with Gasteiger partial charge in [0.25, 0.3) is 0 Å². The highest BCUT2D eigenvalue weighted by atomic mass is 19.1. The topological polar surface area (TPSA) is 20.2 Å². The molecule has 0 saturated heterocycles. The van der Waals surface area contributed by atoms with E-state index in [1.54, 1.807) is 12.1 Å². The molecule has 0 fully saturated rings. The first-order chi connectivity index (χ1) is 6.47. The van der Waals surface area contributed by atoms with Crippen LogP contribution in [0.2, 0.25) is 0 Å². The van der Waals surface area contributed by atoms with E-state index in [1.807, 2.05) is 20.8 Å². The van der Waals surface area contributed by atoms with Crippen molar-refractivity contribution in [3.63, 3.8) is 0 Å². The summed E-state index contributed by atoms with van der Waals surface area (Å²) in [6, 6.07) is 6.15. The molecule has 0 aliphatic carbocycles. The molecule has 1 nitrogen and oxygen atoms in total. The van der Waals surface area contributed by atoms with E-state index < -0.39 is 6.10 Å². The normalized spacial score (nSPS) is 14.1. The summed E-state index contributed by atoms with van der Waals surface area (Å²) in [5, 5.41) is 10.0. The number of hydrogen-bond acceptors (Lipinski definition) is 1. The monoisotopic (exact) mass is 196 g/mol. The molecule has 2 heteroatoms. The van der Waals surface area contributed by atoms with Gasteiger partial charge in [0.1, 0.15) is 5.82 Å². The first-order valence-electron chi connectivity index (χ1n) is 4.91. The lowest BCUT2D eigenvalue weighted by molar-refractivity contribution is 0.0463. The highest BCUT2D eigenvalue weighted by Crippen LogP contribution is 2.35. The van der Waals surface area contributed by atoms with E-state index in [0.29, 0.717) is 5.56 Å². The Morgan fingerprint density at radius 1 is 1.43 bits per heavy atom. The highest BCUT2D eigenvalue weighted by molar-refractivity contribution is 5.20. The van der Waals surface area contributed by atoms with Gasteiger partial charge >= 0.3 is 0 Å². The molecule has 0 aliphatic heterocycles. The molecule has 1 aromatic rings.